The summed E-state index contributed by atoms with van der Waals surface area (Å²) in [5.74, 6) is 0.532. The van der Waals surface area contributed by atoms with Crippen molar-refractivity contribution in [2.24, 2.45) is 0 Å². The quantitative estimate of drug-likeness (QED) is 0.415. The van der Waals surface area contributed by atoms with Crippen molar-refractivity contribution in [1.29, 1.82) is 0 Å². The molecule has 0 spiro atoms. The van der Waals surface area contributed by atoms with Crippen molar-refractivity contribution < 1.29 is 33.0 Å². The van der Waals surface area contributed by atoms with Gasteiger partial charge in [-0.2, -0.15) is 0 Å². The van der Waals surface area contributed by atoms with Gasteiger partial charge in [0, 0.05) is 17.0 Å². The van der Waals surface area contributed by atoms with Crippen LogP contribution in [0.5, 0.6) is 17.2 Å². The topological polar surface area (TPSA) is 84.2 Å². The first-order valence-corrected chi connectivity index (χ1v) is 9.06. The molecule has 0 amide bonds. The predicted molar refractivity (Wildman–Crippen MR) is 106 cm³/mol. The number of methoxy groups -OCH3 is 2. The maximum absolute atomic E-state index is 12.5. The second-order valence-electron chi connectivity index (χ2n) is 6.21. The Morgan fingerprint density at radius 1 is 1.00 bits per heavy atom. The van der Waals surface area contributed by atoms with Crippen molar-refractivity contribution in [3.05, 3.63) is 53.3 Å². The fourth-order valence-electron chi connectivity index (χ4n) is 2.95. The van der Waals surface area contributed by atoms with Crippen LogP contribution in [0.25, 0.3) is 11.0 Å². The van der Waals surface area contributed by atoms with Crippen LogP contribution in [0.4, 0.5) is 0 Å². The van der Waals surface area contributed by atoms with E-state index in [4.69, 9.17) is 23.4 Å². The van der Waals surface area contributed by atoms with Crippen LogP contribution in [-0.2, 0) is 4.74 Å². The fraction of sp³-hybridized carbons (Fsp3) is 0.273. The fourth-order valence-corrected chi connectivity index (χ4v) is 2.95. The average Bonchev–Trinajstić information content (AvgIpc) is 3.07. The average molecular weight is 398 g/mol. The molecule has 0 aliphatic rings. The molecule has 0 atom stereocenters. The number of hydrogen-bond donors (Lipinski definition) is 0. The number of aryl methyl sites for hydroxylation is 1. The molecule has 152 valence electrons. The van der Waals surface area contributed by atoms with Crippen LogP contribution in [0, 0.1) is 6.92 Å². The van der Waals surface area contributed by atoms with E-state index >= 15 is 0 Å². The Morgan fingerprint density at radius 2 is 1.76 bits per heavy atom. The second-order valence-corrected chi connectivity index (χ2v) is 6.21. The molecule has 0 bridgehead atoms. The first kappa shape index (κ1) is 20.3. The lowest BCUT2D eigenvalue weighted by atomic mass is 10.1. The van der Waals surface area contributed by atoms with E-state index in [1.54, 1.807) is 37.3 Å². The molecule has 3 rings (SSSR count). The number of carbonyl (C=O) groups is 2. The number of rotatable bonds is 8. The lowest BCUT2D eigenvalue weighted by molar-refractivity contribution is 0.0444. The molecule has 0 radical (unpaired) electrons. The molecule has 0 aliphatic heterocycles. The number of ketones is 1. The molecule has 2 aromatic carbocycles. The van der Waals surface area contributed by atoms with Gasteiger partial charge in [-0.05, 0) is 44.2 Å². The third-order valence-corrected chi connectivity index (χ3v) is 4.45. The van der Waals surface area contributed by atoms with Crippen molar-refractivity contribution in [2.75, 3.05) is 27.4 Å². The van der Waals surface area contributed by atoms with E-state index in [0.717, 1.165) is 5.39 Å². The number of ether oxygens (including phenoxy) is 4. The van der Waals surface area contributed by atoms with E-state index < -0.39 is 18.4 Å². The van der Waals surface area contributed by atoms with Crippen molar-refractivity contribution >= 4 is 22.7 Å². The summed E-state index contributed by atoms with van der Waals surface area (Å²) < 4.78 is 26.6. The lowest BCUT2D eigenvalue weighted by Crippen LogP contribution is -2.15. The largest absolute Gasteiger partial charge is 0.497 e. The minimum atomic E-state index is -0.711. The van der Waals surface area contributed by atoms with Crippen LogP contribution in [0.1, 0.15) is 33.4 Å². The molecule has 0 saturated heterocycles. The van der Waals surface area contributed by atoms with Gasteiger partial charge in [-0.3, -0.25) is 4.79 Å². The molecule has 29 heavy (non-hydrogen) atoms. The van der Waals surface area contributed by atoms with Crippen LogP contribution in [0.3, 0.4) is 0 Å². The Bertz CT molecular complexity index is 1050. The SMILES string of the molecule is CCOc1ccc2oc(C(=O)OCC(=O)c3ccc(OC)cc3OC)c(C)c2c1. The Morgan fingerprint density at radius 3 is 2.45 bits per heavy atom. The van der Waals surface area contributed by atoms with Gasteiger partial charge in [-0.1, -0.05) is 0 Å². The molecule has 0 unspecified atom stereocenters. The van der Waals surface area contributed by atoms with Crippen LogP contribution < -0.4 is 14.2 Å². The monoisotopic (exact) mass is 398 g/mol. The smallest absolute Gasteiger partial charge is 0.375 e. The molecular formula is C22H22O7. The van der Waals surface area contributed by atoms with E-state index in [0.29, 0.717) is 40.6 Å². The molecular weight excluding hydrogens is 376 g/mol. The zero-order chi connectivity index (χ0) is 21.0. The molecule has 7 heteroatoms. The molecule has 0 fully saturated rings. The highest BCUT2D eigenvalue weighted by Gasteiger charge is 2.22. The van der Waals surface area contributed by atoms with Crippen LogP contribution in [0.15, 0.2) is 40.8 Å². The van der Waals surface area contributed by atoms with Crippen molar-refractivity contribution in [2.45, 2.75) is 13.8 Å². The van der Waals surface area contributed by atoms with E-state index in [9.17, 15) is 9.59 Å². The van der Waals surface area contributed by atoms with Gasteiger partial charge in [0.05, 0.1) is 26.4 Å². The Balaban J connectivity index is 1.75. The zero-order valence-electron chi connectivity index (χ0n) is 16.7. The van der Waals surface area contributed by atoms with Gasteiger partial charge in [0.15, 0.2) is 6.61 Å². The lowest BCUT2D eigenvalue weighted by Gasteiger charge is -2.09. The van der Waals surface area contributed by atoms with E-state index in [1.807, 2.05) is 13.0 Å². The first-order valence-electron chi connectivity index (χ1n) is 9.06. The van der Waals surface area contributed by atoms with Gasteiger partial charge in [0.25, 0.3) is 0 Å². The van der Waals surface area contributed by atoms with Crippen LogP contribution in [0.2, 0.25) is 0 Å². The zero-order valence-corrected chi connectivity index (χ0v) is 16.7. The number of carbonyl (C=O) groups excluding carboxylic acids is 2. The Labute approximate surface area is 168 Å². The number of fused-ring (bicyclic) bond motifs is 1. The summed E-state index contributed by atoms with van der Waals surface area (Å²) in [5, 5.41) is 0.756. The van der Waals surface area contributed by atoms with E-state index in [1.165, 1.54) is 14.2 Å². The van der Waals surface area contributed by atoms with Crippen molar-refractivity contribution in [3.8, 4) is 17.2 Å². The number of benzene rings is 2. The summed E-state index contributed by atoms with van der Waals surface area (Å²) in [6.07, 6.45) is 0. The summed E-state index contributed by atoms with van der Waals surface area (Å²) in [5.41, 5.74) is 1.46. The molecule has 1 heterocycles. The summed E-state index contributed by atoms with van der Waals surface area (Å²) >= 11 is 0. The molecule has 1 aromatic heterocycles. The molecule has 0 N–H and O–H groups in total. The highest BCUT2D eigenvalue weighted by atomic mass is 16.5. The van der Waals surface area contributed by atoms with E-state index in [-0.39, 0.29) is 5.76 Å². The highest BCUT2D eigenvalue weighted by molar-refractivity contribution is 6.02. The molecule has 3 aromatic rings. The number of hydrogen-bond acceptors (Lipinski definition) is 7. The van der Waals surface area contributed by atoms with Gasteiger partial charge in [-0.25, -0.2) is 4.79 Å². The highest BCUT2D eigenvalue weighted by Crippen LogP contribution is 2.30. The molecule has 0 saturated carbocycles. The summed E-state index contributed by atoms with van der Waals surface area (Å²) in [4.78, 5) is 25.0. The number of esters is 1. The van der Waals surface area contributed by atoms with Crippen LogP contribution in [-0.4, -0.2) is 39.2 Å². The maximum Gasteiger partial charge on any atom is 0.375 e. The summed E-state index contributed by atoms with van der Waals surface area (Å²) in [6, 6.07) is 10.1. The van der Waals surface area contributed by atoms with Crippen molar-refractivity contribution in [1.82, 2.24) is 0 Å². The standard InChI is InChI=1S/C22H22O7/c1-5-27-15-7-9-19-17(10-15)13(2)21(29-19)22(24)28-12-18(23)16-8-6-14(25-3)11-20(16)26-4/h6-11H,5,12H2,1-4H3. The maximum atomic E-state index is 12.5. The van der Waals surface area contributed by atoms with E-state index in [2.05, 4.69) is 0 Å². The normalized spacial score (nSPS) is 10.6. The predicted octanol–water partition coefficient (Wildman–Crippen LogP) is 4.20. The third-order valence-electron chi connectivity index (χ3n) is 4.45. The van der Waals surface area contributed by atoms with Gasteiger partial charge in [0.2, 0.25) is 11.5 Å². The summed E-state index contributed by atoms with van der Waals surface area (Å²) in [6.45, 7) is 3.74. The summed E-state index contributed by atoms with van der Waals surface area (Å²) in [7, 11) is 2.97. The van der Waals surface area contributed by atoms with Gasteiger partial charge in [0.1, 0.15) is 22.8 Å². The van der Waals surface area contributed by atoms with Gasteiger partial charge in [-0.15, -0.1) is 0 Å². The molecule has 7 nitrogen and oxygen atoms in total. The van der Waals surface area contributed by atoms with Crippen LogP contribution >= 0.6 is 0 Å². The van der Waals surface area contributed by atoms with Crippen molar-refractivity contribution in [3.63, 3.8) is 0 Å². The Kier molecular flexibility index (Phi) is 6.07. The third kappa shape index (κ3) is 4.18. The number of Topliss-reactive ketones (excluding diaryl/α,β-unsaturated/α-hetero) is 1. The van der Waals surface area contributed by atoms with Gasteiger partial charge >= 0.3 is 5.97 Å². The molecule has 0 aliphatic carbocycles. The van der Waals surface area contributed by atoms with Gasteiger partial charge < -0.3 is 23.4 Å². The minimum Gasteiger partial charge on any atom is -0.497 e. The second kappa shape index (κ2) is 8.68. The minimum absolute atomic E-state index is 0.0585. The first-order chi connectivity index (χ1) is 14.0. The Hall–Kier alpha value is -3.48. The number of furan rings is 1.